The van der Waals surface area contributed by atoms with E-state index in [-0.39, 0.29) is 0 Å². The first kappa shape index (κ1) is 13.3. The van der Waals surface area contributed by atoms with E-state index in [0.29, 0.717) is 18.9 Å². The van der Waals surface area contributed by atoms with Crippen molar-refractivity contribution >= 4 is 11.6 Å². The molecule has 0 heterocycles. The lowest BCUT2D eigenvalue weighted by Crippen LogP contribution is -2.06. The molecule has 16 heavy (non-hydrogen) atoms. The van der Waals surface area contributed by atoms with E-state index in [4.69, 9.17) is 22.2 Å². The van der Waals surface area contributed by atoms with Crippen LogP contribution in [0.5, 0.6) is 5.75 Å². The van der Waals surface area contributed by atoms with Gasteiger partial charge in [0.05, 0.1) is 13.7 Å². The summed E-state index contributed by atoms with van der Waals surface area (Å²) < 4.78 is 5.43. The zero-order chi connectivity index (χ0) is 12.1. The molecule has 0 aromatic heterocycles. The molecule has 0 aliphatic rings. The van der Waals surface area contributed by atoms with Crippen LogP contribution in [0.2, 0.25) is 5.02 Å². The average Bonchev–Trinajstić information content (AvgIpc) is 2.25. The second kappa shape index (κ2) is 6.09. The van der Waals surface area contributed by atoms with Crippen molar-refractivity contribution in [1.29, 1.82) is 0 Å². The lowest BCUT2D eigenvalue weighted by atomic mass is 9.98. The summed E-state index contributed by atoms with van der Waals surface area (Å²) in [7, 11) is 1.67. The van der Waals surface area contributed by atoms with Gasteiger partial charge in [0.2, 0.25) is 0 Å². The first-order valence-corrected chi connectivity index (χ1v) is 5.66. The minimum atomic E-state index is 0.367. The molecule has 1 aromatic rings. The van der Waals surface area contributed by atoms with Crippen LogP contribution in [0.15, 0.2) is 12.1 Å². The fraction of sp³-hybridized carbons (Fsp3) is 0.500. The Morgan fingerprint density at radius 1 is 1.38 bits per heavy atom. The van der Waals surface area contributed by atoms with Crippen molar-refractivity contribution in [3.05, 3.63) is 28.3 Å². The predicted octanol–water partition coefficient (Wildman–Crippen LogP) is 2.90. The highest BCUT2D eigenvalue weighted by atomic mass is 35.5. The number of nitrogens with two attached hydrogens (primary N) is 1. The van der Waals surface area contributed by atoms with Crippen molar-refractivity contribution in [2.24, 2.45) is 5.90 Å². The number of rotatable bonds is 5. The van der Waals surface area contributed by atoms with Crippen molar-refractivity contribution in [3.8, 4) is 5.75 Å². The Labute approximate surface area is 101 Å². The summed E-state index contributed by atoms with van der Waals surface area (Å²) in [4.78, 5) is 4.59. The van der Waals surface area contributed by atoms with Gasteiger partial charge in [-0.1, -0.05) is 25.4 Å². The summed E-state index contributed by atoms with van der Waals surface area (Å²) in [5.41, 5.74) is 2.14. The molecule has 0 aliphatic heterocycles. The maximum Gasteiger partial charge on any atom is 0.125 e. The number of ether oxygens (including phenoxy) is 1. The Hall–Kier alpha value is -0.770. The SMILES string of the molecule is COc1c(CCON)cc(Cl)cc1C(C)C. The lowest BCUT2D eigenvalue weighted by Gasteiger charge is -2.16. The Morgan fingerprint density at radius 3 is 2.56 bits per heavy atom. The van der Waals surface area contributed by atoms with Crippen LogP contribution in [0.4, 0.5) is 0 Å². The van der Waals surface area contributed by atoms with Crippen LogP contribution in [-0.4, -0.2) is 13.7 Å². The van der Waals surface area contributed by atoms with Crippen LogP contribution in [-0.2, 0) is 11.3 Å². The van der Waals surface area contributed by atoms with Gasteiger partial charge < -0.3 is 9.57 Å². The van der Waals surface area contributed by atoms with Gasteiger partial charge in [-0.15, -0.1) is 0 Å². The summed E-state index contributed by atoms with van der Waals surface area (Å²) in [6.07, 6.45) is 0.694. The molecule has 1 aromatic carbocycles. The monoisotopic (exact) mass is 243 g/mol. The van der Waals surface area contributed by atoms with Crippen LogP contribution < -0.4 is 10.6 Å². The largest absolute Gasteiger partial charge is 0.496 e. The third-order valence-electron chi connectivity index (χ3n) is 2.47. The van der Waals surface area contributed by atoms with Crippen molar-refractivity contribution in [2.45, 2.75) is 26.2 Å². The molecular weight excluding hydrogens is 226 g/mol. The number of hydrogen-bond donors (Lipinski definition) is 1. The van der Waals surface area contributed by atoms with Gasteiger partial charge in [0.1, 0.15) is 5.75 Å². The van der Waals surface area contributed by atoms with E-state index < -0.39 is 0 Å². The van der Waals surface area contributed by atoms with Crippen LogP contribution in [0.25, 0.3) is 0 Å². The van der Waals surface area contributed by atoms with E-state index in [0.717, 1.165) is 21.9 Å². The second-order valence-electron chi connectivity index (χ2n) is 3.96. The Morgan fingerprint density at radius 2 is 2.06 bits per heavy atom. The van der Waals surface area contributed by atoms with Gasteiger partial charge in [0, 0.05) is 11.4 Å². The quantitative estimate of drug-likeness (QED) is 0.809. The zero-order valence-corrected chi connectivity index (χ0v) is 10.7. The molecule has 1 rings (SSSR count). The van der Waals surface area contributed by atoms with Crippen LogP contribution >= 0.6 is 11.6 Å². The highest BCUT2D eigenvalue weighted by Crippen LogP contribution is 2.33. The standard InChI is InChI=1S/C12H18ClNO2/c1-8(2)11-7-10(13)6-9(4-5-16-14)12(11)15-3/h6-8H,4-5,14H2,1-3H3. The second-order valence-corrected chi connectivity index (χ2v) is 4.40. The summed E-state index contributed by atoms with van der Waals surface area (Å²) in [5.74, 6) is 6.28. The molecule has 0 fully saturated rings. The van der Waals surface area contributed by atoms with Crippen LogP contribution in [0.1, 0.15) is 30.9 Å². The molecule has 0 radical (unpaired) electrons. The van der Waals surface area contributed by atoms with Gasteiger partial charge in [-0.05, 0) is 29.2 Å². The van der Waals surface area contributed by atoms with E-state index >= 15 is 0 Å². The summed E-state index contributed by atoms with van der Waals surface area (Å²) in [6.45, 7) is 4.67. The molecule has 0 unspecified atom stereocenters. The molecule has 4 heteroatoms. The van der Waals surface area contributed by atoms with Gasteiger partial charge in [-0.25, -0.2) is 5.90 Å². The lowest BCUT2D eigenvalue weighted by molar-refractivity contribution is 0.140. The topological polar surface area (TPSA) is 44.5 Å². The normalized spacial score (nSPS) is 10.9. The maximum atomic E-state index is 6.07. The molecule has 3 nitrogen and oxygen atoms in total. The van der Waals surface area contributed by atoms with Gasteiger partial charge in [0.15, 0.2) is 0 Å². The molecule has 2 N–H and O–H groups in total. The number of halogens is 1. The van der Waals surface area contributed by atoms with Crippen LogP contribution in [0.3, 0.4) is 0 Å². The molecule has 0 bridgehead atoms. The minimum absolute atomic E-state index is 0.367. The fourth-order valence-electron chi connectivity index (χ4n) is 1.71. The first-order valence-electron chi connectivity index (χ1n) is 5.28. The van der Waals surface area contributed by atoms with Crippen molar-refractivity contribution in [3.63, 3.8) is 0 Å². The maximum absolute atomic E-state index is 6.07. The van der Waals surface area contributed by atoms with Crippen molar-refractivity contribution in [1.82, 2.24) is 0 Å². The smallest absolute Gasteiger partial charge is 0.125 e. The molecule has 90 valence electrons. The molecular formula is C12H18ClNO2. The van der Waals surface area contributed by atoms with E-state index in [2.05, 4.69) is 18.7 Å². The molecule has 0 saturated carbocycles. The Balaban J connectivity index is 3.14. The molecule has 0 aliphatic carbocycles. The van der Waals surface area contributed by atoms with E-state index in [9.17, 15) is 0 Å². The number of benzene rings is 1. The number of methoxy groups -OCH3 is 1. The predicted molar refractivity (Wildman–Crippen MR) is 65.9 cm³/mol. The van der Waals surface area contributed by atoms with Crippen LogP contribution in [0, 0.1) is 0 Å². The average molecular weight is 244 g/mol. The highest BCUT2D eigenvalue weighted by Gasteiger charge is 2.13. The van der Waals surface area contributed by atoms with Gasteiger partial charge in [0.25, 0.3) is 0 Å². The van der Waals surface area contributed by atoms with E-state index in [1.807, 2.05) is 12.1 Å². The third-order valence-corrected chi connectivity index (χ3v) is 2.69. The highest BCUT2D eigenvalue weighted by molar-refractivity contribution is 6.30. The third kappa shape index (κ3) is 3.11. The molecule has 0 spiro atoms. The summed E-state index contributed by atoms with van der Waals surface area (Å²) in [6, 6.07) is 3.84. The Kier molecular flexibility index (Phi) is 5.06. The summed E-state index contributed by atoms with van der Waals surface area (Å²) in [5, 5.41) is 0.719. The fourth-order valence-corrected chi connectivity index (χ4v) is 1.95. The zero-order valence-electron chi connectivity index (χ0n) is 9.92. The van der Waals surface area contributed by atoms with Gasteiger partial charge in [-0.2, -0.15) is 0 Å². The van der Waals surface area contributed by atoms with Gasteiger partial charge in [-0.3, -0.25) is 0 Å². The summed E-state index contributed by atoms with van der Waals surface area (Å²) >= 11 is 6.07. The molecule has 0 saturated heterocycles. The minimum Gasteiger partial charge on any atom is -0.496 e. The van der Waals surface area contributed by atoms with Crippen molar-refractivity contribution in [2.75, 3.05) is 13.7 Å². The Bertz CT molecular complexity index is 353. The van der Waals surface area contributed by atoms with E-state index in [1.165, 1.54) is 0 Å². The number of hydrogen-bond acceptors (Lipinski definition) is 3. The van der Waals surface area contributed by atoms with Crippen molar-refractivity contribution < 1.29 is 9.57 Å². The van der Waals surface area contributed by atoms with E-state index in [1.54, 1.807) is 7.11 Å². The van der Waals surface area contributed by atoms with Gasteiger partial charge >= 0.3 is 0 Å². The first-order chi connectivity index (χ1) is 7.60. The molecule has 0 amide bonds. The molecule has 0 atom stereocenters.